The van der Waals surface area contributed by atoms with Crippen molar-refractivity contribution in [1.82, 2.24) is 4.90 Å². The van der Waals surface area contributed by atoms with Gasteiger partial charge in [0, 0.05) is 11.8 Å². The van der Waals surface area contributed by atoms with Crippen LogP contribution in [0.2, 0.25) is 0 Å². The number of carbonyl (C=O) groups is 2. The largest absolute Gasteiger partial charge is 0.548 e. The van der Waals surface area contributed by atoms with Gasteiger partial charge in [0.2, 0.25) is 5.91 Å². The van der Waals surface area contributed by atoms with Gasteiger partial charge in [0.05, 0.1) is 17.4 Å². The van der Waals surface area contributed by atoms with Crippen molar-refractivity contribution in [3.8, 4) is 0 Å². The zero-order valence-electron chi connectivity index (χ0n) is 10.4. The van der Waals surface area contributed by atoms with Crippen molar-refractivity contribution in [1.29, 1.82) is 0 Å². The summed E-state index contributed by atoms with van der Waals surface area (Å²) in [5.41, 5.74) is 0.874. The molecular weight excluding hydrogens is 238 g/mol. The van der Waals surface area contributed by atoms with Crippen LogP contribution >= 0.6 is 11.8 Å². The predicted octanol–water partition coefficient (Wildman–Crippen LogP) is 0.773. The standard InChI is InChI=1S/C12H19NO3S/c1-4-5-11-13(10(14)6-8(2)3)9(7-17-11)12(15)16/h6,9,11H,4-5,7H2,1-3H3,(H,15,16)/p-1/t9-,11-/m0/s1. The normalized spacial score (nSPS) is 23.6. The number of hydrogen-bond donors (Lipinski definition) is 0. The van der Waals surface area contributed by atoms with Crippen LogP contribution in [0.25, 0.3) is 0 Å². The quantitative estimate of drug-likeness (QED) is 0.697. The molecule has 0 unspecified atom stereocenters. The fraction of sp³-hybridized carbons (Fsp3) is 0.667. The third-order valence-corrected chi connectivity index (χ3v) is 3.92. The fourth-order valence-corrected chi connectivity index (χ4v) is 3.35. The molecule has 0 aliphatic carbocycles. The minimum Gasteiger partial charge on any atom is -0.548 e. The second kappa shape index (κ2) is 6.10. The number of thioether (sulfide) groups is 1. The molecule has 1 aliphatic rings. The summed E-state index contributed by atoms with van der Waals surface area (Å²) >= 11 is 1.52. The first-order chi connectivity index (χ1) is 7.97. The molecule has 0 saturated carbocycles. The minimum absolute atomic E-state index is 0.0361. The Hall–Kier alpha value is -0.970. The van der Waals surface area contributed by atoms with Crippen LogP contribution in [0, 0.1) is 0 Å². The third kappa shape index (κ3) is 3.49. The Labute approximate surface area is 106 Å². The number of carbonyl (C=O) groups excluding carboxylic acids is 2. The van der Waals surface area contributed by atoms with E-state index in [1.54, 1.807) is 0 Å². The van der Waals surface area contributed by atoms with Gasteiger partial charge in [-0.05, 0) is 20.3 Å². The molecule has 0 aromatic rings. The smallest absolute Gasteiger partial charge is 0.247 e. The Balaban J connectivity index is 2.89. The molecule has 0 radical (unpaired) electrons. The van der Waals surface area contributed by atoms with Crippen LogP contribution in [-0.4, -0.2) is 33.9 Å². The number of carboxylic acid groups (broad SMARTS) is 1. The summed E-state index contributed by atoms with van der Waals surface area (Å²) in [5.74, 6) is -0.954. The highest BCUT2D eigenvalue weighted by molar-refractivity contribution is 8.00. The first-order valence-electron chi connectivity index (χ1n) is 5.77. The van der Waals surface area contributed by atoms with Gasteiger partial charge in [0.25, 0.3) is 0 Å². The molecule has 0 N–H and O–H groups in total. The van der Waals surface area contributed by atoms with Crippen LogP contribution in [0.5, 0.6) is 0 Å². The molecule has 96 valence electrons. The zero-order valence-corrected chi connectivity index (χ0v) is 11.3. The second-order valence-electron chi connectivity index (χ2n) is 4.38. The van der Waals surface area contributed by atoms with Crippen LogP contribution in [0.1, 0.15) is 33.6 Å². The van der Waals surface area contributed by atoms with E-state index in [0.717, 1.165) is 18.4 Å². The van der Waals surface area contributed by atoms with Gasteiger partial charge in [-0.3, -0.25) is 4.79 Å². The molecule has 1 saturated heterocycles. The van der Waals surface area contributed by atoms with Crippen molar-refractivity contribution in [3.05, 3.63) is 11.6 Å². The lowest BCUT2D eigenvalue weighted by Crippen LogP contribution is -2.50. The molecule has 0 spiro atoms. The van der Waals surface area contributed by atoms with Crippen molar-refractivity contribution in [2.24, 2.45) is 0 Å². The SMILES string of the molecule is CCC[C@@H]1SC[C@@H](C(=O)[O-])N1C(=O)C=C(C)C. The van der Waals surface area contributed by atoms with E-state index < -0.39 is 12.0 Å². The van der Waals surface area contributed by atoms with E-state index >= 15 is 0 Å². The average molecular weight is 256 g/mol. The van der Waals surface area contributed by atoms with Gasteiger partial charge in [-0.1, -0.05) is 18.9 Å². The van der Waals surface area contributed by atoms with E-state index in [2.05, 4.69) is 0 Å². The van der Waals surface area contributed by atoms with Gasteiger partial charge < -0.3 is 14.8 Å². The van der Waals surface area contributed by atoms with E-state index in [9.17, 15) is 14.7 Å². The number of hydrogen-bond acceptors (Lipinski definition) is 4. The van der Waals surface area contributed by atoms with E-state index in [1.165, 1.54) is 22.7 Å². The Morgan fingerprint density at radius 1 is 1.47 bits per heavy atom. The van der Waals surface area contributed by atoms with Crippen LogP contribution in [0.4, 0.5) is 0 Å². The number of carboxylic acids is 1. The predicted molar refractivity (Wildman–Crippen MR) is 66.2 cm³/mol. The first-order valence-corrected chi connectivity index (χ1v) is 6.82. The Kier molecular flexibility index (Phi) is 5.05. The number of nitrogens with zero attached hydrogens (tertiary/aromatic N) is 1. The maximum Gasteiger partial charge on any atom is 0.247 e. The molecule has 17 heavy (non-hydrogen) atoms. The lowest BCUT2D eigenvalue weighted by atomic mass is 10.2. The van der Waals surface area contributed by atoms with Crippen LogP contribution in [0.15, 0.2) is 11.6 Å². The van der Waals surface area contributed by atoms with E-state index in [-0.39, 0.29) is 11.3 Å². The van der Waals surface area contributed by atoms with Crippen molar-refractivity contribution >= 4 is 23.6 Å². The van der Waals surface area contributed by atoms with Crippen molar-refractivity contribution in [3.63, 3.8) is 0 Å². The van der Waals surface area contributed by atoms with E-state index in [4.69, 9.17) is 0 Å². The van der Waals surface area contributed by atoms with Gasteiger partial charge in [0.15, 0.2) is 0 Å². The molecular formula is C12H18NO3S-. The molecule has 1 amide bonds. The summed E-state index contributed by atoms with van der Waals surface area (Å²) in [6.45, 7) is 5.67. The maximum atomic E-state index is 12.0. The van der Waals surface area contributed by atoms with Gasteiger partial charge in [-0.25, -0.2) is 0 Å². The second-order valence-corrected chi connectivity index (χ2v) is 5.59. The van der Waals surface area contributed by atoms with Gasteiger partial charge in [0.1, 0.15) is 0 Å². The molecule has 1 fully saturated rings. The summed E-state index contributed by atoms with van der Waals surface area (Å²) < 4.78 is 0. The minimum atomic E-state index is -1.16. The Bertz CT molecular complexity index is 337. The molecule has 4 nitrogen and oxygen atoms in total. The number of allylic oxidation sites excluding steroid dienone is 1. The molecule has 2 atom stereocenters. The van der Waals surface area contributed by atoms with Crippen molar-refractivity contribution in [2.45, 2.75) is 45.0 Å². The Morgan fingerprint density at radius 3 is 2.59 bits per heavy atom. The maximum absolute atomic E-state index is 12.0. The molecule has 1 rings (SSSR count). The number of amides is 1. The highest BCUT2D eigenvalue weighted by Gasteiger charge is 2.36. The van der Waals surface area contributed by atoms with Crippen molar-refractivity contribution < 1.29 is 14.7 Å². The van der Waals surface area contributed by atoms with Crippen molar-refractivity contribution in [2.75, 3.05) is 5.75 Å². The number of rotatable bonds is 4. The first kappa shape index (κ1) is 14.1. The highest BCUT2D eigenvalue weighted by Crippen LogP contribution is 2.32. The van der Waals surface area contributed by atoms with Crippen LogP contribution in [-0.2, 0) is 9.59 Å². The average Bonchev–Trinajstić information content (AvgIpc) is 2.61. The lowest BCUT2D eigenvalue weighted by Gasteiger charge is -2.29. The summed E-state index contributed by atoms with van der Waals surface area (Å²) in [7, 11) is 0. The summed E-state index contributed by atoms with van der Waals surface area (Å²) in [6, 6.07) is -0.792. The molecule has 5 heteroatoms. The molecule has 0 aromatic heterocycles. The van der Waals surface area contributed by atoms with Gasteiger partial charge in [-0.2, -0.15) is 0 Å². The summed E-state index contributed by atoms with van der Waals surface area (Å²) in [4.78, 5) is 24.5. The molecule has 0 bridgehead atoms. The van der Waals surface area contributed by atoms with E-state index in [1.807, 2.05) is 20.8 Å². The highest BCUT2D eigenvalue weighted by atomic mass is 32.2. The van der Waals surface area contributed by atoms with Gasteiger partial charge in [-0.15, -0.1) is 11.8 Å². The van der Waals surface area contributed by atoms with E-state index in [0.29, 0.717) is 5.75 Å². The molecule has 1 heterocycles. The molecule has 0 aromatic carbocycles. The fourth-order valence-electron chi connectivity index (χ4n) is 1.83. The lowest BCUT2D eigenvalue weighted by molar-refractivity contribution is -0.310. The van der Waals surface area contributed by atoms with Crippen LogP contribution in [0.3, 0.4) is 0 Å². The summed E-state index contributed by atoms with van der Waals surface area (Å²) in [5, 5.41) is 11.0. The summed E-state index contributed by atoms with van der Waals surface area (Å²) in [6.07, 6.45) is 3.23. The third-order valence-electron chi connectivity index (χ3n) is 2.57. The van der Waals surface area contributed by atoms with Crippen LogP contribution < -0.4 is 5.11 Å². The van der Waals surface area contributed by atoms with Gasteiger partial charge >= 0.3 is 0 Å². The zero-order chi connectivity index (χ0) is 13.0. The molecule has 1 aliphatic heterocycles. The Morgan fingerprint density at radius 2 is 2.12 bits per heavy atom. The topological polar surface area (TPSA) is 60.4 Å². The monoisotopic (exact) mass is 256 g/mol. The number of aliphatic carboxylic acids is 1.